The van der Waals surface area contributed by atoms with Crippen molar-refractivity contribution in [2.75, 3.05) is 19.6 Å². The summed E-state index contributed by atoms with van der Waals surface area (Å²) < 4.78 is 38.1. The van der Waals surface area contributed by atoms with Crippen LogP contribution in [0, 0.1) is 11.8 Å². The molecule has 2 aliphatic rings. The molecule has 0 spiro atoms. The molecule has 1 amide bonds. The molecule has 1 N–H and O–H groups in total. The highest BCUT2D eigenvalue weighted by atomic mass is 19.4. The molecule has 1 aliphatic heterocycles. The van der Waals surface area contributed by atoms with Crippen LogP contribution in [0.4, 0.5) is 13.2 Å². The first-order valence-corrected chi connectivity index (χ1v) is 9.06. The van der Waals surface area contributed by atoms with E-state index in [0.717, 1.165) is 25.0 Å². The Bertz CT molecular complexity index is 701. The van der Waals surface area contributed by atoms with Gasteiger partial charge in [-0.25, -0.2) is 0 Å². The molecule has 8 heteroatoms. The minimum atomic E-state index is -4.38. The fourth-order valence-electron chi connectivity index (χ4n) is 3.60. The smallest absolute Gasteiger partial charge is 0.416 e. The number of carbonyl (C=O) groups excluding carboxylic acids is 1. The number of halogens is 3. The minimum Gasteiger partial charge on any atom is -0.481 e. The average Bonchev–Trinajstić information content (AvgIpc) is 3.35. The van der Waals surface area contributed by atoms with Crippen LogP contribution in [0.5, 0.6) is 0 Å². The van der Waals surface area contributed by atoms with Crippen LogP contribution in [0.3, 0.4) is 0 Å². The van der Waals surface area contributed by atoms with Gasteiger partial charge in [0.05, 0.1) is 18.0 Å². The Labute approximate surface area is 155 Å². The molecular formula is C19H23F3N2O3. The SMILES string of the molecule is C[C@@H]1CN(CC(=O)N(Cc2ccc(C(F)(F)F)cc2)C2CC2)C[C@H]1C(=O)O. The quantitative estimate of drug-likeness (QED) is 0.819. The number of rotatable bonds is 6. The van der Waals surface area contributed by atoms with Gasteiger partial charge in [-0.1, -0.05) is 19.1 Å². The number of hydrogen-bond donors (Lipinski definition) is 1. The molecule has 1 aromatic carbocycles. The van der Waals surface area contributed by atoms with Crippen molar-refractivity contribution in [3.05, 3.63) is 35.4 Å². The molecule has 1 saturated heterocycles. The first kappa shape index (κ1) is 19.7. The highest BCUT2D eigenvalue weighted by Crippen LogP contribution is 2.32. The lowest BCUT2D eigenvalue weighted by molar-refractivity contribution is -0.142. The van der Waals surface area contributed by atoms with Crippen molar-refractivity contribution < 1.29 is 27.9 Å². The number of nitrogens with zero attached hydrogens (tertiary/aromatic N) is 2. The fourth-order valence-corrected chi connectivity index (χ4v) is 3.60. The van der Waals surface area contributed by atoms with E-state index in [1.807, 2.05) is 11.8 Å². The second-order valence-electron chi connectivity index (χ2n) is 7.56. The third kappa shape index (κ3) is 4.80. The zero-order valence-electron chi connectivity index (χ0n) is 15.1. The summed E-state index contributed by atoms with van der Waals surface area (Å²) in [5, 5.41) is 9.22. The predicted octanol–water partition coefficient (Wildman–Crippen LogP) is 2.85. The van der Waals surface area contributed by atoms with Gasteiger partial charge in [-0.05, 0) is 36.5 Å². The Morgan fingerprint density at radius 3 is 2.30 bits per heavy atom. The summed E-state index contributed by atoms with van der Waals surface area (Å²) in [7, 11) is 0. The monoisotopic (exact) mass is 384 g/mol. The van der Waals surface area contributed by atoms with Gasteiger partial charge in [0, 0.05) is 25.7 Å². The second kappa shape index (κ2) is 7.50. The maximum absolute atomic E-state index is 12.8. The summed E-state index contributed by atoms with van der Waals surface area (Å²) in [5.74, 6) is -1.43. The van der Waals surface area contributed by atoms with Crippen LogP contribution in [0.2, 0.25) is 0 Å². The van der Waals surface area contributed by atoms with E-state index in [1.165, 1.54) is 12.1 Å². The van der Waals surface area contributed by atoms with Crippen molar-refractivity contribution in [3.63, 3.8) is 0 Å². The van der Waals surface area contributed by atoms with E-state index in [4.69, 9.17) is 0 Å². The number of benzene rings is 1. The van der Waals surface area contributed by atoms with E-state index in [1.54, 1.807) is 4.90 Å². The van der Waals surface area contributed by atoms with Crippen LogP contribution in [0.25, 0.3) is 0 Å². The van der Waals surface area contributed by atoms with Crippen LogP contribution in [0.15, 0.2) is 24.3 Å². The van der Waals surface area contributed by atoms with E-state index < -0.39 is 23.6 Å². The van der Waals surface area contributed by atoms with E-state index in [2.05, 4.69) is 0 Å². The molecule has 3 rings (SSSR count). The number of carbonyl (C=O) groups is 2. The summed E-state index contributed by atoms with van der Waals surface area (Å²) >= 11 is 0. The Kier molecular flexibility index (Phi) is 5.46. The van der Waals surface area contributed by atoms with Gasteiger partial charge in [0.2, 0.25) is 5.91 Å². The Morgan fingerprint density at radius 2 is 1.81 bits per heavy atom. The van der Waals surface area contributed by atoms with Gasteiger partial charge in [-0.3, -0.25) is 14.5 Å². The Hall–Kier alpha value is -2.09. The van der Waals surface area contributed by atoms with Gasteiger partial charge >= 0.3 is 12.1 Å². The highest BCUT2D eigenvalue weighted by molar-refractivity contribution is 5.79. The molecule has 0 bridgehead atoms. The van der Waals surface area contributed by atoms with Crippen molar-refractivity contribution in [1.82, 2.24) is 9.80 Å². The Morgan fingerprint density at radius 1 is 1.19 bits per heavy atom. The van der Waals surface area contributed by atoms with Crippen LogP contribution in [0.1, 0.15) is 30.9 Å². The number of amides is 1. The van der Waals surface area contributed by atoms with Gasteiger partial charge < -0.3 is 10.0 Å². The first-order chi connectivity index (χ1) is 12.6. The third-order valence-corrected chi connectivity index (χ3v) is 5.31. The number of carboxylic acid groups (broad SMARTS) is 1. The molecule has 27 heavy (non-hydrogen) atoms. The normalized spacial score (nSPS) is 23.4. The summed E-state index contributed by atoms with van der Waals surface area (Å²) in [4.78, 5) is 27.5. The van der Waals surface area contributed by atoms with E-state index in [9.17, 15) is 27.9 Å². The van der Waals surface area contributed by atoms with Crippen molar-refractivity contribution in [2.45, 2.75) is 38.5 Å². The van der Waals surface area contributed by atoms with Crippen molar-refractivity contribution >= 4 is 11.9 Å². The topological polar surface area (TPSA) is 60.9 Å². The van der Waals surface area contributed by atoms with E-state index in [0.29, 0.717) is 18.7 Å². The van der Waals surface area contributed by atoms with Gasteiger partial charge in [0.15, 0.2) is 0 Å². The van der Waals surface area contributed by atoms with Crippen molar-refractivity contribution in [2.24, 2.45) is 11.8 Å². The van der Waals surface area contributed by atoms with E-state index in [-0.39, 0.29) is 31.0 Å². The standard InChI is InChI=1S/C19H23F3N2O3/c1-12-8-23(10-16(12)18(26)27)11-17(25)24(15-6-7-15)9-13-2-4-14(5-3-13)19(20,21)22/h2-5,12,15-16H,6-11H2,1H3,(H,26,27)/t12-,16-/m1/s1. The lowest BCUT2D eigenvalue weighted by atomic mass is 9.99. The van der Waals surface area contributed by atoms with Crippen molar-refractivity contribution in [3.8, 4) is 0 Å². The molecule has 2 fully saturated rings. The molecule has 1 saturated carbocycles. The summed E-state index contributed by atoms with van der Waals surface area (Å²) in [6.45, 7) is 3.19. The number of alkyl halides is 3. The minimum absolute atomic E-state index is 0.0143. The average molecular weight is 384 g/mol. The van der Waals surface area contributed by atoms with Crippen LogP contribution < -0.4 is 0 Å². The van der Waals surface area contributed by atoms with Crippen LogP contribution >= 0.6 is 0 Å². The highest BCUT2D eigenvalue weighted by Gasteiger charge is 2.38. The predicted molar refractivity (Wildman–Crippen MR) is 91.7 cm³/mol. The third-order valence-electron chi connectivity index (χ3n) is 5.31. The lowest BCUT2D eigenvalue weighted by Gasteiger charge is -2.25. The largest absolute Gasteiger partial charge is 0.481 e. The molecule has 0 aromatic heterocycles. The molecule has 0 radical (unpaired) electrons. The fraction of sp³-hybridized carbons (Fsp3) is 0.579. The summed E-state index contributed by atoms with van der Waals surface area (Å²) in [6.07, 6.45) is -2.60. The first-order valence-electron chi connectivity index (χ1n) is 9.06. The van der Waals surface area contributed by atoms with Crippen LogP contribution in [-0.4, -0.2) is 52.5 Å². The van der Waals surface area contributed by atoms with Gasteiger partial charge in [0.25, 0.3) is 0 Å². The molecule has 5 nitrogen and oxygen atoms in total. The molecule has 1 aromatic rings. The van der Waals surface area contributed by atoms with Crippen molar-refractivity contribution in [1.29, 1.82) is 0 Å². The maximum atomic E-state index is 12.8. The van der Waals surface area contributed by atoms with Crippen LogP contribution in [-0.2, 0) is 22.3 Å². The summed E-state index contributed by atoms with van der Waals surface area (Å²) in [5.41, 5.74) is -0.0530. The Balaban J connectivity index is 1.62. The molecule has 1 aliphatic carbocycles. The van der Waals surface area contributed by atoms with Gasteiger partial charge in [-0.15, -0.1) is 0 Å². The molecular weight excluding hydrogens is 361 g/mol. The lowest BCUT2D eigenvalue weighted by Crippen LogP contribution is -2.40. The number of likely N-dealkylation sites (tertiary alicyclic amines) is 1. The summed E-state index contributed by atoms with van der Waals surface area (Å²) in [6, 6.07) is 5.00. The second-order valence-corrected chi connectivity index (χ2v) is 7.56. The number of aliphatic carboxylic acids is 1. The molecule has 0 unspecified atom stereocenters. The zero-order chi connectivity index (χ0) is 19.8. The van der Waals surface area contributed by atoms with E-state index >= 15 is 0 Å². The molecule has 2 atom stereocenters. The zero-order valence-corrected chi connectivity index (χ0v) is 15.1. The van der Waals surface area contributed by atoms with Gasteiger partial charge in [-0.2, -0.15) is 13.2 Å². The number of hydrogen-bond acceptors (Lipinski definition) is 3. The maximum Gasteiger partial charge on any atom is 0.416 e. The number of carboxylic acids is 1. The van der Waals surface area contributed by atoms with Gasteiger partial charge in [0.1, 0.15) is 0 Å². The molecule has 1 heterocycles. The molecule has 148 valence electrons.